The van der Waals surface area contributed by atoms with E-state index in [0.717, 1.165) is 12.8 Å². The first-order chi connectivity index (χ1) is 8.07. The van der Waals surface area contributed by atoms with E-state index in [9.17, 15) is 4.79 Å². The zero-order chi connectivity index (χ0) is 13.1. The molecule has 0 aromatic heterocycles. The minimum absolute atomic E-state index is 0.0704. The number of hydrogen-bond acceptors (Lipinski definition) is 3. The molecule has 0 aromatic carbocycles. The summed E-state index contributed by atoms with van der Waals surface area (Å²) >= 11 is 0. The molecule has 17 heavy (non-hydrogen) atoms. The van der Waals surface area contributed by atoms with E-state index < -0.39 is 0 Å². The molecule has 0 aliphatic carbocycles. The third-order valence-corrected chi connectivity index (χ3v) is 3.00. The van der Waals surface area contributed by atoms with Gasteiger partial charge in [-0.2, -0.15) is 0 Å². The number of hydrogen-bond donors (Lipinski definition) is 1. The van der Waals surface area contributed by atoms with Crippen LogP contribution in [-0.2, 0) is 9.53 Å². The lowest BCUT2D eigenvalue weighted by atomic mass is 10.0. The van der Waals surface area contributed by atoms with Gasteiger partial charge in [-0.25, -0.2) is 0 Å². The summed E-state index contributed by atoms with van der Waals surface area (Å²) in [5.41, 5.74) is 5.79. The van der Waals surface area contributed by atoms with Crippen molar-refractivity contribution in [3.8, 4) is 0 Å². The van der Waals surface area contributed by atoms with Crippen molar-refractivity contribution in [3.63, 3.8) is 0 Å². The maximum absolute atomic E-state index is 10.9. The molecule has 0 rings (SSSR count). The van der Waals surface area contributed by atoms with E-state index in [1.807, 2.05) is 6.92 Å². The van der Waals surface area contributed by atoms with Crippen LogP contribution >= 0.6 is 0 Å². The Morgan fingerprint density at radius 2 is 1.65 bits per heavy atom. The van der Waals surface area contributed by atoms with Crippen molar-refractivity contribution in [1.82, 2.24) is 0 Å². The highest BCUT2D eigenvalue weighted by Gasteiger charge is 2.15. The molecule has 0 aliphatic heterocycles. The number of carbonyl (C=O) groups excluding carboxylic acids is 1. The Morgan fingerprint density at radius 1 is 1.12 bits per heavy atom. The van der Waals surface area contributed by atoms with Gasteiger partial charge >= 0.3 is 5.97 Å². The second kappa shape index (κ2) is 10.6. The predicted octanol–water partition coefficient (Wildman–Crippen LogP) is 3.41. The molecule has 102 valence electrons. The van der Waals surface area contributed by atoms with Crippen LogP contribution in [0.5, 0.6) is 0 Å². The van der Waals surface area contributed by atoms with Crippen molar-refractivity contribution < 1.29 is 9.53 Å². The molecule has 0 spiro atoms. The van der Waals surface area contributed by atoms with Gasteiger partial charge in [-0.1, -0.05) is 45.4 Å². The number of nitrogens with two attached hydrogens (primary N) is 1. The summed E-state index contributed by atoms with van der Waals surface area (Å²) in [5.74, 6) is -0.227. The molecule has 3 heteroatoms. The molecule has 0 aromatic rings. The largest absolute Gasteiger partial charge is 0.461 e. The molecule has 0 heterocycles. The van der Waals surface area contributed by atoms with Gasteiger partial charge in [-0.15, -0.1) is 0 Å². The monoisotopic (exact) mass is 243 g/mol. The van der Waals surface area contributed by atoms with Crippen molar-refractivity contribution in [3.05, 3.63) is 0 Å². The van der Waals surface area contributed by atoms with E-state index in [-0.39, 0.29) is 18.1 Å². The third-order valence-electron chi connectivity index (χ3n) is 3.00. The van der Waals surface area contributed by atoms with Crippen LogP contribution in [0, 0.1) is 0 Å². The fraction of sp³-hybridized carbons (Fsp3) is 0.929. The number of rotatable bonds is 10. The Bertz CT molecular complexity index is 193. The average Bonchev–Trinajstić information content (AvgIpc) is 2.25. The molecule has 0 radical (unpaired) electrons. The normalized spacial score (nSPS) is 14.4. The van der Waals surface area contributed by atoms with Crippen molar-refractivity contribution in [2.45, 2.75) is 84.3 Å². The maximum atomic E-state index is 10.9. The molecule has 0 aliphatic rings. The lowest BCUT2D eigenvalue weighted by Gasteiger charge is -2.20. The Morgan fingerprint density at radius 3 is 2.12 bits per heavy atom. The summed E-state index contributed by atoms with van der Waals surface area (Å²) in [5, 5.41) is 0. The fourth-order valence-corrected chi connectivity index (χ4v) is 1.94. The Hall–Kier alpha value is -0.570. The van der Waals surface area contributed by atoms with Gasteiger partial charge in [-0.3, -0.25) is 4.79 Å². The van der Waals surface area contributed by atoms with Crippen molar-refractivity contribution in [2.75, 3.05) is 0 Å². The third kappa shape index (κ3) is 10.3. The van der Waals surface area contributed by atoms with E-state index >= 15 is 0 Å². The fourth-order valence-electron chi connectivity index (χ4n) is 1.94. The molecular formula is C14H29NO2. The number of unbranched alkanes of at least 4 members (excludes halogenated alkanes) is 6. The number of esters is 1. The molecule has 2 N–H and O–H groups in total. The highest BCUT2D eigenvalue weighted by atomic mass is 16.5. The molecule has 0 bridgehead atoms. The second-order valence-electron chi connectivity index (χ2n) is 4.92. The van der Waals surface area contributed by atoms with Crippen LogP contribution in [0.1, 0.15) is 72.1 Å². The van der Waals surface area contributed by atoms with Crippen LogP contribution in [0.25, 0.3) is 0 Å². The molecule has 0 unspecified atom stereocenters. The lowest BCUT2D eigenvalue weighted by molar-refractivity contribution is -0.147. The van der Waals surface area contributed by atoms with E-state index in [1.54, 1.807) is 0 Å². The van der Waals surface area contributed by atoms with E-state index in [1.165, 1.54) is 45.4 Å². The Balaban J connectivity index is 3.51. The van der Waals surface area contributed by atoms with Crippen LogP contribution in [0.2, 0.25) is 0 Å². The van der Waals surface area contributed by atoms with Gasteiger partial charge in [0.1, 0.15) is 6.10 Å². The van der Waals surface area contributed by atoms with Crippen LogP contribution in [0.4, 0.5) is 0 Å². The van der Waals surface area contributed by atoms with Gasteiger partial charge in [0.15, 0.2) is 0 Å². The predicted molar refractivity (Wildman–Crippen MR) is 71.8 cm³/mol. The summed E-state index contributed by atoms with van der Waals surface area (Å²) in [6.07, 6.45) is 9.69. The summed E-state index contributed by atoms with van der Waals surface area (Å²) in [7, 11) is 0. The maximum Gasteiger partial charge on any atom is 0.302 e. The van der Waals surface area contributed by atoms with Gasteiger partial charge in [0.25, 0.3) is 0 Å². The van der Waals surface area contributed by atoms with Crippen molar-refractivity contribution >= 4 is 5.97 Å². The lowest BCUT2D eigenvalue weighted by Crippen LogP contribution is -2.35. The zero-order valence-corrected chi connectivity index (χ0v) is 11.7. The molecule has 2 atom stereocenters. The molecular weight excluding hydrogens is 214 g/mol. The van der Waals surface area contributed by atoms with Crippen LogP contribution in [-0.4, -0.2) is 18.1 Å². The van der Waals surface area contributed by atoms with Crippen LogP contribution in [0.3, 0.4) is 0 Å². The first-order valence-corrected chi connectivity index (χ1v) is 7.00. The second-order valence-corrected chi connectivity index (χ2v) is 4.92. The van der Waals surface area contributed by atoms with Crippen molar-refractivity contribution in [2.24, 2.45) is 5.73 Å². The molecule has 0 saturated heterocycles. The Kier molecular flexibility index (Phi) is 10.2. The van der Waals surface area contributed by atoms with Gasteiger partial charge in [-0.05, 0) is 19.8 Å². The van der Waals surface area contributed by atoms with E-state index in [2.05, 4.69) is 6.92 Å². The van der Waals surface area contributed by atoms with Gasteiger partial charge < -0.3 is 10.5 Å². The smallest absolute Gasteiger partial charge is 0.302 e. The Labute approximate surface area is 106 Å². The van der Waals surface area contributed by atoms with E-state index in [0.29, 0.717) is 0 Å². The summed E-state index contributed by atoms with van der Waals surface area (Å²) in [4.78, 5) is 10.9. The zero-order valence-electron chi connectivity index (χ0n) is 11.7. The summed E-state index contributed by atoms with van der Waals surface area (Å²) in [6.45, 7) is 5.57. The quantitative estimate of drug-likeness (QED) is 0.472. The number of ether oxygens (including phenoxy) is 1. The van der Waals surface area contributed by atoms with Crippen molar-refractivity contribution in [1.29, 1.82) is 0 Å². The topological polar surface area (TPSA) is 52.3 Å². The molecule has 0 saturated carbocycles. The summed E-state index contributed by atoms with van der Waals surface area (Å²) < 4.78 is 5.19. The number of carbonyl (C=O) groups is 1. The standard InChI is InChI=1S/C14H29NO2/c1-4-5-6-7-8-9-10-11-14(12(2)15)17-13(3)16/h12,14H,4-11,15H2,1-3H3/t12-,14+/m1/s1. The highest BCUT2D eigenvalue weighted by molar-refractivity contribution is 5.66. The van der Waals surface area contributed by atoms with Gasteiger partial charge in [0.05, 0.1) is 0 Å². The molecule has 3 nitrogen and oxygen atoms in total. The minimum atomic E-state index is -0.227. The molecule has 0 fully saturated rings. The highest BCUT2D eigenvalue weighted by Crippen LogP contribution is 2.12. The first-order valence-electron chi connectivity index (χ1n) is 7.00. The average molecular weight is 243 g/mol. The first kappa shape index (κ1) is 16.4. The SMILES string of the molecule is CCCCCCCCC[C@H](OC(C)=O)[C@@H](C)N. The van der Waals surface area contributed by atoms with Crippen LogP contribution in [0.15, 0.2) is 0 Å². The minimum Gasteiger partial charge on any atom is -0.461 e. The summed E-state index contributed by atoms with van der Waals surface area (Å²) in [6, 6.07) is -0.0704. The molecule has 0 amide bonds. The van der Waals surface area contributed by atoms with Crippen LogP contribution < -0.4 is 5.73 Å². The van der Waals surface area contributed by atoms with Gasteiger partial charge in [0, 0.05) is 13.0 Å². The van der Waals surface area contributed by atoms with Gasteiger partial charge in [0.2, 0.25) is 0 Å². The van der Waals surface area contributed by atoms with E-state index in [4.69, 9.17) is 10.5 Å².